The van der Waals surface area contributed by atoms with Crippen molar-refractivity contribution in [2.45, 2.75) is 70.2 Å². The highest BCUT2D eigenvalue weighted by molar-refractivity contribution is 5.22. The Hall–Kier alpha value is -0.900. The summed E-state index contributed by atoms with van der Waals surface area (Å²) in [5.74, 6) is -0.233. The minimum atomic E-state index is -0.233. The van der Waals surface area contributed by atoms with Crippen molar-refractivity contribution in [3.8, 4) is 0 Å². The first-order valence-corrected chi connectivity index (χ1v) is 8.75. The molecule has 1 saturated carbocycles. The molecule has 3 heteroatoms. The lowest BCUT2D eigenvalue weighted by Crippen LogP contribution is -2.44. The minimum absolute atomic E-state index is 0.233. The normalized spacial score (nSPS) is 23.0. The van der Waals surface area contributed by atoms with Crippen LogP contribution in [0.3, 0.4) is 0 Å². The van der Waals surface area contributed by atoms with Gasteiger partial charge in [-0.15, -0.1) is 0 Å². The SMILES string of the molecule is Cc1cccc(CC[C@@H](C)NC2CCC3(CC2)OCCO3)c1. The molecule has 1 saturated heterocycles. The average molecular weight is 303 g/mol. The smallest absolute Gasteiger partial charge is 0.168 e. The Morgan fingerprint density at radius 1 is 1.23 bits per heavy atom. The number of hydrogen-bond acceptors (Lipinski definition) is 3. The highest BCUT2D eigenvalue weighted by Gasteiger charge is 2.40. The first kappa shape index (κ1) is 16.0. The predicted molar refractivity (Wildman–Crippen MR) is 89.0 cm³/mol. The Balaban J connectivity index is 1.40. The molecule has 1 spiro atoms. The molecule has 22 heavy (non-hydrogen) atoms. The van der Waals surface area contributed by atoms with Crippen LogP contribution in [-0.2, 0) is 15.9 Å². The molecule has 1 aliphatic heterocycles. The monoisotopic (exact) mass is 303 g/mol. The van der Waals surface area contributed by atoms with E-state index in [0.29, 0.717) is 12.1 Å². The topological polar surface area (TPSA) is 30.5 Å². The lowest BCUT2D eigenvalue weighted by molar-refractivity contribution is -0.179. The number of nitrogens with one attached hydrogen (secondary N) is 1. The molecule has 1 aliphatic carbocycles. The molecule has 122 valence electrons. The number of rotatable bonds is 5. The minimum Gasteiger partial charge on any atom is -0.348 e. The standard InChI is InChI=1S/C19H29NO2/c1-15-4-3-5-17(14-15)7-6-16(2)20-18-8-10-19(11-9-18)21-12-13-22-19/h3-5,14,16,18,20H,6-13H2,1-2H3/t16-/m1/s1. The van der Waals surface area contributed by atoms with E-state index in [-0.39, 0.29) is 5.79 Å². The van der Waals surface area contributed by atoms with Gasteiger partial charge >= 0.3 is 0 Å². The molecule has 0 unspecified atom stereocenters. The van der Waals surface area contributed by atoms with E-state index < -0.39 is 0 Å². The van der Waals surface area contributed by atoms with Crippen LogP contribution < -0.4 is 5.32 Å². The third-order valence-corrected chi connectivity index (χ3v) is 5.03. The molecule has 1 aromatic rings. The van der Waals surface area contributed by atoms with E-state index in [0.717, 1.165) is 45.3 Å². The van der Waals surface area contributed by atoms with E-state index in [4.69, 9.17) is 9.47 Å². The van der Waals surface area contributed by atoms with Crippen molar-refractivity contribution in [1.29, 1.82) is 0 Å². The number of aryl methyl sites for hydroxylation is 2. The Labute approximate surface area is 134 Å². The van der Waals surface area contributed by atoms with Crippen LogP contribution in [0.4, 0.5) is 0 Å². The molecule has 0 amide bonds. The first-order chi connectivity index (χ1) is 10.7. The zero-order valence-electron chi connectivity index (χ0n) is 13.9. The van der Waals surface area contributed by atoms with Gasteiger partial charge in [0.2, 0.25) is 0 Å². The maximum Gasteiger partial charge on any atom is 0.168 e. The largest absolute Gasteiger partial charge is 0.348 e. The Morgan fingerprint density at radius 2 is 1.95 bits per heavy atom. The first-order valence-electron chi connectivity index (χ1n) is 8.75. The fourth-order valence-corrected chi connectivity index (χ4v) is 3.75. The van der Waals surface area contributed by atoms with Gasteiger partial charge in [-0.25, -0.2) is 0 Å². The number of hydrogen-bond donors (Lipinski definition) is 1. The zero-order valence-corrected chi connectivity index (χ0v) is 13.9. The van der Waals surface area contributed by atoms with Gasteiger partial charge in [-0.2, -0.15) is 0 Å². The maximum absolute atomic E-state index is 5.80. The van der Waals surface area contributed by atoms with Gasteiger partial charge in [0.15, 0.2) is 5.79 Å². The third-order valence-electron chi connectivity index (χ3n) is 5.03. The summed E-state index contributed by atoms with van der Waals surface area (Å²) >= 11 is 0. The van der Waals surface area contributed by atoms with Crippen LogP contribution in [0, 0.1) is 6.92 Å². The van der Waals surface area contributed by atoms with Gasteiger partial charge < -0.3 is 14.8 Å². The van der Waals surface area contributed by atoms with Crippen molar-refractivity contribution in [1.82, 2.24) is 5.32 Å². The van der Waals surface area contributed by atoms with Gasteiger partial charge in [0.25, 0.3) is 0 Å². The molecular weight excluding hydrogens is 274 g/mol. The lowest BCUT2D eigenvalue weighted by Gasteiger charge is -2.36. The molecular formula is C19H29NO2. The van der Waals surface area contributed by atoms with E-state index in [1.165, 1.54) is 17.5 Å². The lowest BCUT2D eigenvalue weighted by atomic mass is 9.89. The van der Waals surface area contributed by atoms with E-state index in [2.05, 4.69) is 43.4 Å². The summed E-state index contributed by atoms with van der Waals surface area (Å²) in [7, 11) is 0. The third kappa shape index (κ3) is 4.09. The molecule has 1 atom stereocenters. The van der Waals surface area contributed by atoms with Crippen molar-refractivity contribution in [2.75, 3.05) is 13.2 Å². The fourth-order valence-electron chi connectivity index (χ4n) is 3.75. The Morgan fingerprint density at radius 3 is 2.64 bits per heavy atom. The predicted octanol–water partition coefficient (Wildman–Crippen LogP) is 3.59. The van der Waals surface area contributed by atoms with Crippen molar-refractivity contribution >= 4 is 0 Å². The van der Waals surface area contributed by atoms with E-state index >= 15 is 0 Å². The molecule has 3 rings (SSSR count). The number of ether oxygens (including phenoxy) is 2. The van der Waals surface area contributed by atoms with Crippen molar-refractivity contribution in [2.24, 2.45) is 0 Å². The summed E-state index contributed by atoms with van der Waals surface area (Å²) in [5, 5.41) is 3.80. The van der Waals surface area contributed by atoms with Crippen LogP contribution in [0.25, 0.3) is 0 Å². The molecule has 1 N–H and O–H groups in total. The van der Waals surface area contributed by atoms with Crippen LogP contribution in [0.2, 0.25) is 0 Å². The van der Waals surface area contributed by atoms with Gasteiger partial charge in [-0.1, -0.05) is 29.8 Å². The zero-order chi connectivity index (χ0) is 15.4. The summed E-state index contributed by atoms with van der Waals surface area (Å²) in [6, 6.07) is 10.0. The van der Waals surface area contributed by atoms with Gasteiger partial charge in [0.1, 0.15) is 0 Å². The summed E-state index contributed by atoms with van der Waals surface area (Å²) in [4.78, 5) is 0. The second-order valence-electron chi connectivity index (χ2n) is 6.98. The number of benzene rings is 1. The van der Waals surface area contributed by atoms with Gasteiger partial charge in [-0.3, -0.25) is 0 Å². The summed E-state index contributed by atoms with van der Waals surface area (Å²) < 4.78 is 11.6. The molecule has 0 radical (unpaired) electrons. The van der Waals surface area contributed by atoms with Crippen LogP contribution in [0.15, 0.2) is 24.3 Å². The molecule has 0 bridgehead atoms. The molecule has 0 aromatic heterocycles. The van der Waals surface area contributed by atoms with Crippen molar-refractivity contribution < 1.29 is 9.47 Å². The van der Waals surface area contributed by atoms with Crippen LogP contribution >= 0.6 is 0 Å². The second kappa shape index (κ2) is 7.12. The highest BCUT2D eigenvalue weighted by Crippen LogP contribution is 2.35. The van der Waals surface area contributed by atoms with E-state index in [1.54, 1.807) is 0 Å². The van der Waals surface area contributed by atoms with Crippen LogP contribution in [0.5, 0.6) is 0 Å². The Bertz CT molecular complexity index is 472. The van der Waals surface area contributed by atoms with Crippen LogP contribution in [0.1, 0.15) is 50.2 Å². The molecule has 1 heterocycles. The Kier molecular flexibility index (Phi) is 5.17. The maximum atomic E-state index is 5.80. The van der Waals surface area contributed by atoms with Gasteiger partial charge in [-0.05, 0) is 45.1 Å². The fraction of sp³-hybridized carbons (Fsp3) is 0.684. The summed E-state index contributed by atoms with van der Waals surface area (Å²) in [6.45, 7) is 6.01. The van der Waals surface area contributed by atoms with Crippen molar-refractivity contribution in [3.63, 3.8) is 0 Å². The molecule has 2 aliphatic rings. The second-order valence-corrected chi connectivity index (χ2v) is 6.98. The summed E-state index contributed by atoms with van der Waals surface area (Å²) in [5.41, 5.74) is 2.80. The average Bonchev–Trinajstić information content (AvgIpc) is 2.96. The van der Waals surface area contributed by atoms with Gasteiger partial charge in [0.05, 0.1) is 13.2 Å². The van der Waals surface area contributed by atoms with Crippen LogP contribution in [-0.4, -0.2) is 31.1 Å². The van der Waals surface area contributed by atoms with Gasteiger partial charge in [0, 0.05) is 24.9 Å². The van der Waals surface area contributed by atoms with E-state index in [9.17, 15) is 0 Å². The highest BCUT2D eigenvalue weighted by atomic mass is 16.7. The summed E-state index contributed by atoms with van der Waals surface area (Å²) in [6.07, 6.45) is 6.74. The molecule has 3 nitrogen and oxygen atoms in total. The molecule has 2 fully saturated rings. The molecule has 1 aromatic carbocycles. The quantitative estimate of drug-likeness (QED) is 0.901. The van der Waals surface area contributed by atoms with Crippen molar-refractivity contribution in [3.05, 3.63) is 35.4 Å². The van der Waals surface area contributed by atoms with E-state index in [1.807, 2.05) is 0 Å².